The third-order valence-corrected chi connectivity index (χ3v) is 3.33. The molecule has 2 N–H and O–H groups in total. The van der Waals surface area contributed by atoms with E-state index < -0.39 is 4.92 Å². The lowest BCUT2D eigenvalue weighted by atomic mass is 10.2. The van der Waals surface area contributed by atoms with Gasteiger partial charge in [0, 0.05) is 6.07 Å². The Morgan fingerprint density at radius 1 is 1.24 bits per heavy atom. The van der Waals surface area contributed by atoms with E-state index in [4.69, 9.17) is 10.5 Å². The summed E-state index contributed by atoms with van der Waals surface area (Å²) in [5.74, 6) is 1.30. The Balaban J connectivity index is 1.93. The fourth-order valence-electron chi connectivity index (χ4n) is 2.21. The van der Waals surface area contributed by atoms with Gasteiger partial charge in [-0.25, -0.2) is 9.66 Å². The molecule has 0 saturated heterocycles. The molecule has 126 valence electrons. The van der Waals surface area contributed by atoms with Crippen molar-refractivity contribution < 1.29 is 9.66 Å². The van der Waals surface area contributed by atoms with Gasteiger partial charge in [0.05, 0.1) is 28.6 Å². The van der Waals surface area contributed by atoms with Crippen LogP contribution >= 0.6 is 0 Å². The first-order valence-corrected chi connectivity index (χ1v) is 7.40. The van der Waals surface area contributed by atoms with Crippen molar-refractivity contribution in [3.8, 4) is 11.5 Å². The van der Waals surface area contributed by atoms with Crippen LogP contribution in [0.3, 0.4) is 0 Å². The molecule has 0 fully saturated rings. The van der Waals surface area contributed by atoms with E-state index in [1.807, 2.05) is 18.2 Å². The van der Waals surface area contributed by atoms with Crippen LogP contribution in [0.25, 0.3) is 0 Å². The van der Waals surface area contributed by atoms with E-state index in [0.29, 0.717) is 22.8 Å². The molecule has 0 aliphatic rings. The fraction of sp³-hybridized carbons (Fsp3) is 0.0588. The zero-order valence-electron chi connectivity index (χ0n) is 13.4. The van der Waals surface area contributed by atoms with E-state index in [1.165, 1.54) is 23.0 Å². The van der Waals surface area contributed by atoms with Crippen molar-refractivity contribution in [1.29, 1.82) is 0 Å². The Hall–Kier alpha value is -3.68. The number of aryl methyl sites for hydroxylation is 1. The molecule has 8 nitrogen and oxygen atoms in total. The topological polar surface area (TPSA) is 109 Å². The molecule has 0 unspecified atom stereocenters. The highest BCUT2D eigenvalue weighted by Gasteiger charge is 2.14. The average molecular weight is 337 g/mol. The molecule has 0 aliphatic heterocycles. The maximum Gasteiger partial charge on any atom is 0.278 e. The van der Waals surface area contributed by atoms with E-state index in [1.54, 1.807) is 31.3 Å². The van der Waals surface area contributed by atoms with Crippen LogP contribution in [0.2, 0.25) is 0 Å². The summed E-state index contributed by atoms with van der Waals surface area (Å²) in [6.07, 6.45) is 2.98. The molecule has 3 aromatic rings. The predicted molar refractivity (Wildman–Crippen MR) is 94.0 cm³/mol. The summed E-state index contributed by atoms with van der Waals surface area (Å²) >= 11 is 0. The van der Waals surface area contributed by atoms with Crippen LogP contribution in [0, 0.1) is 17.0 Å². The summed E-state index contributed by atoms with van der Waals surface area (Å²) in [7, 11) is 0. The third-order valence-electron chi connectivity index (χ3n) is 3.33. The smallest absolute Gasteiger partial charge is 0.278 e. The van der Waals surface area contributed by atoms with Gasteiger partial charge in [0.2, 0.25) is 5.95 Å². The van der Waals surface area contributed by atoms with Crippen LogP contribution in [0.5, 0.6) is 11.5 Å². The maximum atomic E-state index is 11.2. The fourth-order valence-corrected chi connectivity index (χ4v) is 2.21. The number of nitro benzene ring substituents is 1. The van der Waals surface area contributed by atoms with Gasteiger partial charge in [0.1, 0.15) is 11.5 Å². The molecule has 3 rings (SSSR count). The SMILES string of the molecule is Cc1cn(N=Cc2cc(Oc3ccccc3)ccc2[N+](=O)[O-])c(N)n1. The number of hydrogen-bond acceptors (Lipinski definition) is 6. The summed E-state index contributed by atoms with van der Waals surface area (Å²) in [6, 6.07) is 13.6. The number of benzene rings is 2. The number of rotatable bonds is 5. The average Bonchev–Trinajstić information content (AvgIpc) is 2.91. The summed E-state index contributed by atoms with van der Waals surface area (Å²) in [4.78, 5) is 14.8. The zero-order chi connectivity index (χ0) is 17.8. The molecule has 0 radical (unpaired) electrons. The van der Waals surface area contributed by atoms with Crippen LogP contribution < -0.4 is 10.5 Å². The molecular weight excluding hydrogens is 322 g/mol. The number of nitrogens with two attached hydrogens (primary N) is 1. The second kappa shape index (κ2) is 6.83. The van der Waals surface area contributed by atoms with Gasteiger partial charge in [-0.05, 0) is 31.2 Å². The van der Waals surface area contributed by atoms with Crippen molar-refractivity contribution in [2.45, 2.75) is 6.92 Å². The van der Waals surface area contributed by atoms with E-state index in [9.17, 15) is 10.1 Å². The van der Waals surface area contributed by atoms with Crippen LogP contribution in [0.4, 0.5) is 11.6 Å². The molecule has 0 atom stereocenters. The van der Waals surface area contributed by atoms with E-state index in [0.717, 1.165) is 0 Å². The van der Waals surface area contributed by atoms with Crippen LogP contribution in [0.15, 0.2) is 59.8 Å². The first kappa shape index (κ1) is 16.2. The number of aromatic nitrogens is 2. The third kappa shape index (κ3) is 3.81. The first-order valence-electron chi connectivity index (χ1n) is 7.40. The van der Waals surface area contributed by atoms with Crippen molar-refractivity contribution in [2.24, 2.45) is 5.10 Å². The summed E-state index contributed by atoms with van der Waals surface area (Å²) < 4.78 is 7.06. The summed E-state index contributed by atoms with van der Waals surface area (Å²) in [5.41, 5.74) is 6.63. The second-order valence-corrected chi connectivity index (χ2v) is 5.22. The van der Waals surface area contributed by atoms with E-state index >= 15 is 0 Å². The summed E-state index contributed by atoms with van der Waals surface area (Å²) in [6.45, 7) is 1.78. The quantitative estimate of drug-likeness (QED) is 0.436. The van der Waals surface area contributed by atoms with Gasteiger partial charge in [-0.15, -0.1) is 0 Å². The molecular formula is C17H15N5O3. The largest absolute Gasteiger partial charge is 0.457 e. The van der Waals surface area contributed by atoms with Gasteiger partial charge in [0.15, 0.2) is 0 Å². The Morgan fingerprint density at radius 3 is 2.64 bits per heavy atom. The monoisotopic (exact) mass is 337 g/mol. The molecule has 2 aromatic carbocycles. The lowest BCUT2D eigenvalue weighted by molar-refractivity contribution is -0.385. The number of ether oxygens (including phenoxy) is 1. The highest BCUT2D eigenvalue weighted by atomic mass is 16.6. The number of nitro groups is 1. The highest BCUT2D eigenvalue weighted by molar-refractivity contribution is 5.86. The molecule has 25 heavy (non-hydrogen) atoms. The van der Waals surface area contributed by atoms with Crippen LogP contribution in [0.1, 0.15) is 11.3 Å². The first-order chi connectivity index (χ1) is 12.0. The lowest BCUT2D eigenvalue weighted by Gasteiger charge is -2.06. The van der Waals surface area contributed by atoms with Gasteiger partial charge in [-0.2, -0.15) is 5.10 Å². The molecule has 8 heteroatoms. The van der Waals surface area contributed by atoms with E-state index in [2.05, 4.69) is 10.1 Å². The highest BCUT2D eigenvalue weighted by Crippen LogP contribution is 2.26. The number of para-hydroxylation sites is 1. The molecule has 0 spiro atoms. The zero-order valence-corrected chi connectivity index (χ0v) is 13.4. The van der Waals surface area contributed by atoms with Crippen molar-refractivity contribution >= 4 is 17.9 Å². The number of nitrogens with zero attached hydrogens (tertiary/aromatic N) is 4. The number of imidazole rings is 1. The van der Waals surface area contributed by atoms with Crippen molar-refractivity contribution in [1.82, 2.24) is 9.66 Å². The molecule has 1 heterocycles. The Labute approximate surface area is 143 Å². The number of hydrogen-bond donors (Lipinski definition) is 1. The summed E-state index contributed by atoms with van der Waals surface area (Å²) in [5, 5.41) is 15.4. The Kier molecular flexibility index (Phi) is 4.42. The molecule has 0 bridgehead atoms. The van der Waals surface area contributed by atoms with Crippen LogP contribution in [-0.4, -0.2) is 20.8 Å². The minimum Gasteiger partial charge on any atom is -0.457 e. The number of nitrogen functional groups attached to an aromatic ring is 1. The minimum absolute atomic E-state index is 0.0837. The van der Waals surface area contributed by atoms with Gasteiger partial charge < -0.3 is 10.5 Å². The van der Waals surface area contributed by atoms with Gasteiger partial charge in [-0.1, -0.05) is 18.2 Å². The van der Waals surface area contributed by atoms with Crippen molar-refractivity contribution in [3.05, 3.63) is 76.1 Å². The molecule has 0 amide bonds. The Morgan fingerprint density at radius 2 is 2.00 bits per heavy atom. The van der Waals surface area contributed by atoms with Crippen molar-refractivity contribution in [3.63, 3.8) is 0 Å². The van der Waals surface area contributed by atoms with Gasteiger partial charge in [0.25, 0.3) is 5.69 Å². The second-order valence-electron chi connectivity index (χ2n) is 5.22. The van der Waals surface area contributed by atoms with Crippen LogP contribution in [-0.2, 0) is 0 Å². The van der Waals surface area contributed by atoms with E-state index in [-0.39, 0.29) is 11.6 Å². The predicted octanol–water partition coefficient (Wildman–Crippen LogP) is 3.36. The molecule has 0 saturated carbocycles. The number of anilines is 1. The van der Waals surface area contributed by atoms with Gasteiger partial charge >= 0.3 is 0 Å². The van der Waals surface area contributed by atoms with Crippen molar-refractivity contribution in [2.75, 3.05) is 5.73 Å². The standard InChI is InChI=1S/C17H15N5O3/c1-12-11-21(17(18)20-12)19-10-13-9-15(7-8-16(13)22(23)24)25-14-5-3-2-4-6-14/h2-11H,1H3,(H2,18,20). The lowest BCUT2D eigenvalue weighted by Crippen LogP contribution is -1.99. The molecule has 0 aliphatic carbocycles. The maximum absolute atomic E-state index is 11.2. The normalized spacial score (nSPS) is 10.9. The minimum atomic E-state index is -0.476. The Bertz CT molecular complexity index is 935. The van der Waals surface area contributed by atoms with Gasteiger partial charge in [-0.3, -0.25) is 10.1 Å². The molecule has 1 aromatic heterocycles.